The number of carbonyl (C=O) groups is 1. The molecular formula is C23H31IN4O3. The summed E-state index contributed by atoms with van der Waals surface area (Å²) in [7, 11) is 5.22. The van der Waals surface area contributed by atoms with Crippen molar-refractivity contribution in [2.75, 3.05) is 45.8 Å². The van der Waals surface area contributed by atoms with Crippen LogP contribution in [0, 0.1) is 0 Å². The van der Waals surface area contributed by atoms with E-state index in [1.165, 1.54) is 5.56 Å². The number of aliphatic imine (C=N–C) groups is 1. The summed E-state index contributed by atoms with van der Waals surface area (Å²) < 4.78 is 10.8. The molecule has 2 aromatic rings. The Morgan fingerprint density at radius 3 is 2.68 bits per heavy atom. The van der Waals surface area contributed by atoms with Gasteiger partial charge >= 0.3 is 0 Å². The van der Waals surface area contributed by atoms with Crippen LogP contribution in [0.25, 0.3) is 0 Å². The lowest BCUT2D eigenvalue weighted by Gasteiger charge is -2.24. The van der Waals surface area contributed by atoms with Crippen LogP contribution in [-0.2, 0) is 17.8 Å². The van der Waals surface area contributed by atoms with Gasteiger partial charge in [-0.1, -0.05) is 18.2 Å². The Labute approximate surface area is 201 Å². The van der Waals surface area contributed by atoms with Crippen LogP contribution >= 0.6 is 24.0 Å². The molecule has 7 nitrogen and oxygen atoms in total. The molecule has 1 heterocycles. The van der Waals surface area contributed by atoms with Gasteiger partial charge in [-0.2, -0.15) is 0 Å². The van der Waals surface area contributed by atoms with E-state index in [4.69, 9.17) is 9.47 Å². The Balaban J connectivity index is 0.00000341. The molecule has 0 spiro atoms. The summed E-state index contributed by atoms with van der Waals surface area (Å²) in [5.74, 6) is 2.18. The first-order valence-corrected chi connectivity index (χ1v) is 10.2. The maximum absolute atomic E-state index is 12.8. The summed E-state index contributed by atoms with van der Waals surface area (Å²) >= 11 is 0. The predicted molar refractivity (Wildman–Crippen MR) is 135 cm³/mol. The zero-order chi connectivity index (χ0) is 21.5. The molecule has 0 radical (unpaired) electrons. The van der Waals surface area contributed by atoms with E-state index in [1.54, 1.807) is 14.2 Å². The van der Waals surface area contributed by atoms with Gasteiger partial charge in [-0.3, -0.25) is 4.79 Å². The van der Waals surface area contributed by atoms with Crippen molar-refractivity contribution in [3.63, 3.8) is 0 Å². The number of ether oxygens (including phenoxy) is 2. The predicted octanol–water partition coefficient (Wildman–Crippen LogP) is 3.31. The van der Waals surface area contributed by atoms with Crippen LogP contribution in [0.2, 0.25) is 0 Å². The highest BCUT2D eigenvalue weighted by Crippen LogP contribution is 2.27. The number of anilines is 1. The van der Waals surface area contributed by atoms with Gasteiger partial charge in [-0.15, -0.1) is 24.0 Å². The average Bonchev–Trinajstić information content (AvgIpc) is 3.20. The molecule has 8 heteroatoms. The first kappa shape index (κ1) is 24.8. The van der Waals surface area contributed by atoms with Crippen molar-refractivity contribution in [3.05, 3.63) is 53.6 Å². The Hall–Kier alpha value is -2.49. The van der Waals surface area contributed by atoms with E-state index < -0.39 is 0 Å². The molecule has 0 atom stereocenters. The summed E-state index contributed by atoms with van der Waals surface area (Å²) in [6.45, 7) is 4.11. The summed E-state index contributed by atoms with van der Waals surface area (Å²) in [5, 5.41) is 3.27. The van der Waals surface area contributed by atoms with Gasteiger partial charge in [0.25, 0.3) is 0 Å². The second-order valence-corrected chi connectivity index (χ2v) is 7.13. The van der Waals surface area contributed by atoms with Gasteiger partial charge in [-0.05, 0) is 37.1 Å². The molecule has 2 aromatic carbocycles. The fourth-order valence-corrected chi connectivity index (χ4v) is 3.61. The number of halogens is 1. The highest BCUT2D eigenvalue weighted by atomic mass is 127. The van der Waals surface area contributed by atoms with Crippen LogP contribution in [0.3, 0.4) is 0 Å². The molecule has 0 bridgehead atoms. The number of amides is 1. The highest BCUT2D eigenvalue weighted by molar-refractivity contribution is 14.0. The summed E-state index contributed by atoms with van der Waals surface area (Å²) in [6, 6.07) is 13.8. The summed E-state index contributed by atoms with van der Waals surface area (Å²) in [6.07, 6.45) is 0.892. The van der Waals surface area contributed by atoms with Gasteiger partial charge in [0, 0.05) is 44.0 Å². The number of para-hydroxylation sites is 1. The third kappa shape index (κ3) is 6.03. The maximum atomic E-state index is 12.8. The van der Waals surface area contributed by atoms with E-state index in [9.17, 15) is 4.79 Å². The minimum atomic E-state index is 0. The largest absolute Gasteiger partial charge is 0.497 e. The lowest BCUT2D eigenvalue weighted by molar-refractivity contribution is -0.117. The van der Waals surface area contributed by atoms with E-state index in [-0.39, 0.29) is 36.4 Å². The number of nitrogens with one attached hydrogen (secondary N) is 1. The normalized spacial score (nSPS) is 12.6. The number of hydrogen-bond donors (Lipinski definition) is 1. The second kappa shape index (κ2) is 11.8. The molecule has 0 unspecified atom stereocenters. The van der Waals surface area contributed by atoms with Crippen molar-refractivity contribution >= 4 is 41.5 Å². The molecule has 3 rings (SSSR count). The van der Waals surface area contributed by atoms with Crippen molar-refractivity contribution in [3.8, 4) is 11.5 Å². The van der Waals surface area contributed by atoms with Gasteiger partial charge in [0.05, 0.1) is 14.2 Å². The number of benzene rings is 2. The van der Waals surface area contributed by atoms with Crippen LogP contribution in [0.15, 0.2) is 47.5 Å². The monoisotopic (exact) mass is 538 g/mol. The Kier molecular flexibility index (Phi) is 9.42. The van der Waals surface area contributed by atoms with Crippen molar-refractivity contribution in [2.45, 2.75) is 19.9 Å². The molecule has 0 saturated heterocycles. The first-order valence-electron chi connectivity index (χ1n) is 10.2. The Morgan fingerprint density at radius 2 is 1.97 bits per heavy atom. The SMILES string of the molecule is CCNC(=NCC(=O)N1CCc2ccccc21)N(C)Cc1ccc(OC)cc1OC.I. The topological polar surface area (TPSA) is 66.4 Å². The molecular weight excluding hydrogens is 507 g/mol. The molecule has 31 heavy (non-hydrogen) atoms. The fourth-order valence-electron chi connectivity index (χ4n) is 3.61. The van der Waals surface area contributed by atoms with E-state index >= 15 is 0 Å². The number of hydrogen-bond acceptors (Lipinski definition) is 4. The minimum absolute atomic E-state index is 0. The molecule has 0 saturated carbocycles. The molecule has 168 valence electrons. The molecule has 1 aliphatic rings. The zero-order valence-electron chi connectivity index (χ0n) is 18.6. The maximum Gasteiger partial charge on any atom is 0.248 e. The first-order chi connectivity index (χ1) is 14.6. The van der Waals surface area contributed by atoms with Gasteiger partial charge in [0.2, 0.25) is 5.91 Å². The third-order valence-corrected chi connectivity index (χ3v) is 5.15. The van der Waals surface area contributed by atoms with Crippen LogP contribution in [0.5, 0.6) is 11.5 Å². The highest BCUT2D eigenvalue weighted by Gasteiger charge is 2.24. The van der Waals surface area contributed by atoms with Crippen molar-refractivity contribution in [1.82, 2.24) is 10.2 Å². The van der Waals surface area contributed by atoms with Crippen molar-refractivity contribution in [2.24, 2.45) is 4.99 Å². The smallest absolute Gasteiger partial charge is 0.248 e. The molecule has 0 aromatic heterocycles. The van der Waals surface area contributed by atoms with Gasteiger partial charge < -0.3 is 24.6 Å². The zero-order valence-corrected chi connectivity index (χ0v) is 20.9. The molecule has 1 amide bonds. The lowest BCUT2D eigenvalue weighted by atomic mass is 10.2. The standard InChI is InChI=1S/C23H30N4O3.HI/c1-5-24-23(26(2)16-18-10-11-19(29-3)14-21(18)30-4)25-15-22(28)27-13-12-17-8-6-7-9-20(17)27;/h6-11,14H,5,12-13,15-16H2,1-4H3,(H,24,25);1H. The number of nitrogens with zero attached hydrogens (tertiary/aromatic N) is 3. The number of guanidine groups is 1. The average molecular weight is 538 g/mol. The minimum Gasteiger partial charge on any atom is -0.497 e. The number of carbonyl (C=O) groups excluding carboxylic acids is 1. The second-order valence-electron chi connectivity index (χ2n) is 7.13. The lowest BCUT2D eigenvalue weighted by Crippen LogP contribution is -2.40. The van der Waals surface area contributed by atoms with E-state index in [2.05, 4.69) is 16.4 Å². The number of fused-ring (bicyclic) bond motifs is 1. The quantitative estimate of drug-likeness (QED) is 0.333. The van der Waals surface area contributed by atoms with E-state index in [1.807, 2.05) is 60.2 Å². The van der Waals surface area contributed by atoms with Gasteiger partial charge in [0.15, 0.2) is 5.96 Å². The van der Waals surface area contributed by atoms with Crippen LogP contribution in [0.1, 0.15) is 18.1 Å². The van der Waals surface area contributed by atoms with Crippen LogP contribution < -0.4 is 19.7 Å². The van der Waals surface area contributed by atoms with Gasteiger partial charge in [-0.25, -0.2) is 4.99 Å². The Bertz CT molecular complexity index is 919. The third-order valence-electron chi connectivity index (χ3n) is 5.15. The van der Waals surface area contributed by atoms with Crippen LogP contribution in [-0.4, -0.2) is 57.7 Å². The summed E-state index contributed by atoms with van der Waals surface area (Å²) in [5.41, 5.74) is 3.22. The molecule has 0 aliphatic carbocycles. The van der Waals surface area contributed by atoms with Crippen LogP contribution in [0.4, 0.5) is 5.69 Å². The fraction of sp³-hybridized carbons (Fsp3) is 0.391. The van der Waals surface area contributed by atoms with Crippen molar-refractivity contribution in [1.29, 1.82) is 0 Å². The van der Waals surface area contributed by atoms with Crippen molar-refractivity contribution < 1.29 is 14.3 Å². The molecule has 0 fully saturated rings. The van der Waals surface area contributed by atoms with Gasteiger partial charge in [0.1, 0.15) is 18.0 Å². The molecule has 1 aliphatic heterocycles. The Morgan fingerprint density at radius 1 is 1.19 bits per heavy atom. The number of rotatable bonds is 7. The van der Waals surface area contributed by atoms with E-state index in [0.717, 1.165) is 29.2 Å². The number of methoxy groups -OCH3 is 2. The molecule has 1 N–H and O–H groups in total. The van der Waals surface area contributed by atoms with E-state index in [0.29, 0.717) is 25.6 Å². The summed E-state index contributed by atoms with van der Waals surface area (Å²) in [4.78, 5) is 21.2.